The Morgan fingerprint density at radius 3 is 2.44 bits per heavy atom. The molecule has 0 aromatic rings. The number of ketones is 1. The minimum absolute atomic E-state index is 0.0136. The molecule has 34 heavy (non-hydrogen) atoms. The van der Waals surface area contributed by atoms with Gasteiger partial charge in [-0.15, -0.1) is 0 Å². The van der Waals surface area contributed by atoms with Gasteiger partial charge in [-0.3, -0.25) is 9.59 Å². The summed E-state index contributed by atoms with van der Waals surface area (Å²) >= 11 is 0. The number of carbonyl (C=O) groups is 3. The predicted octanol–water partition coefficient (Wildman–Crippen LogP) is 3.59. The second-order valence-electron chi connectivity index (χ2n) is 9.31. The van der Waals surface area contributed by atoms with Gasteiger partial charge in [-0.05, 0) is 45.4 Å². The molecule has 0 spiro atoms. The van der Waals surface area contributed by atoms with Crippen LogP contribution in [-0.2, 0) is 23.9 Å². The van der Waals surface area contributed by atoms with E-state index in [1.54, 1.807) is 13.8 Å². The number of hydrogen-bond donors (Lipinski definition) is 3. The van der Waals surface area contributed by atoms with Crippen LogP contribution in [0.5, 0.6) is 0 Å². The number of aliphatic hydroxyl groups excluding tert-OH is 2. The molecule has 8 heteroatoms. The molecule has 1 fully saturated rings. The van der Waals surface area contributed by atoms with Gasteiger partial charge in [0, 0.05) is 18.4 Å². The third-order valence-corrected chi connectivity index (χ3v) is 6.10. The first-order valence-corrected chi connectivity index (χ1v) is 12.4. The number of hydrogen-bond acceptors (Lipinski definition) is 7. The van der Waals surface area contributed by atoms with Crippen LogP contribution in [0.25, 0.3) is 0 Å². The molecule has 0 amide bonds. The Balaban J connectivity index is 2.28. The lowest BCUT2D eigenvalue weighted by molar-refractivity contribution is -0.155. The fraction of sp³-hybridized carbons (Fsp3) is 0.731. The van der Waals surface area contributed by atoms with Crippen LogP contribution in [0, 0.1) is 11.8 Å². The first-order valence-electron chi connectivity index (χ1n) is 12.4. The minimum Gasteiger partial charge on any atom is -0.481 e. The molecule has 0 aliphatic carbocycles. The Hall–Kier alpha value is -2.03. The third-order valence-electron chi connectivity index (χ3n) is 6.10. The van der Waals surface area contributed by atoms with Crippen LogP contribution in [0.3, 0.4) is 0 Å². The van der Waals surface area contributed by atoms with E-state index in [2.05, 4.69) is 0 Å². The average molecular weight is 483 g/mol. The lowest BCUT2D eigenvalue weighted by Crippen LogP contribution is -2.46. The zero-order valence-electron chi connectivity index (χ0n) is 20.8. The Morgan fingerprint density at radius 2 is 1.79 bits per heavy atom. The molecule has 1 rings (SSSR count). The molecule has 5 atom stereocenters. The molecule has 1 aliphatic heterocycles. The number of rotatable bonds is 16. The highest BCUT2D eigenvalue weighted by molar-refractivity contribution is 5.87. The van der Waals surface area contributed by atoms with Crippen molar-refractivity contribution >= 4 is 17.7 Å². The normalized spacial score (nSPS) is 23.1. The number of esters is 1. The molecule has 0 radical (unpaired) electrons. The van der Waals surface area contributed by atoms with E-state index in [1.165, 1.54) is 6.08 Å². The van der Waals surface area contributed by atoms with Crippen molar-refractivity contribution in [2.75, 3.05) is 13.2 Å². The lowest BCUT2D eigenvalue weighted by Gasteiger charge is -2.32. The number of carbonyl (C=O) groups excluding carboxylic acids is 2. The van der Waals surface area contributed by atoms with Gasteiger partial charge in [0.1, 0.15) is 6.10 Å². The largest absolute Gasteiger partial charge is 0.481 e. The Morgan fingerprint density at radius 1 is 1.15 bits per heavy atom. The molecule has 194 valence electrons. The molecule has 0 aromatic heterocycles. The first-order chi connectivity index (χ1) is 16.1. The molecule has 0 unspecified atom stereocenters. The van der Waals surface area contributed by atoms with E-state index in [0.29, 0.717) is 25.0 Å². The number of aliphatic hydroxyl groups is 2. The molecule has 8 nitrogen and oxygen atoms in total. The highest BCUT2D eigenvalue weighted by atomic mass is 16.5. The number of allylic oxidation sites excluding steroid dienone is 1. The monoisotopic (exact) mass is 482 g/mol. The Kier molecular flexibility index (Phi) is 14.6. The van der Waals surface area contributed by atoms with Gasteiger partial charge in [0.05, 0.1) is 25.4 Å². The molecule has 3 N–H and O–H groups in total. The van der Waals surface area contributed by atoms with Gasteiger partial charge < -0.3 is 24.8 Å². The van der Waals surface area contributed by atoms with Crippen LogP contribution in [0.4, 0.5) is 0 Å². The van der Waals surface area contributed by atoms with E-state index >= 15 is 0 Å². The van der Waals surface area contributed by atoms with Crippen LogP contribution in [0.2, 0.25) is 0 Å². The predicted molar refractivity (Wildman–Crippen MR) is 128 cm³/mol. The number of unbranched alkanes of at least 4 members (excludes halogenated alkanes) is 5. The zero-order valence-corrected chi connectivity index (χ0v) is 20.8. The SMILES string of the molecule is C/C(=C\C(=O)OCCCCCCCCC(=O)O)C[C@@H]1OC[C@H](C/C=C/[C@@H](C)[C@H](C)O)C(=O)[C@H]1O. The van der Waals surface area contributed by atoms with Crippen molar-refractivity contribution in [2.24, 2.45) is 11.8 Å². The van der Waals surface area contributed by atoms with Crippen molar-refractivity contribution in [3.8, 4) is 0 Å². The average Bonchev–Trinajstić information content (AvgIpc) is 2.76. The maximum atomic E-state index is 12.5. The van der Waals surface area contributed by atoms with Gasteiger partial charge in [0.15, 0.2) is 5.78 Å². The van der Waals surface area contributed by atoms with Gasteiger partial charge in [-0.1, -0.05) is 50.3 Å². The molecular weight excluding hydrogens is 440 g/mol. The van der Waals surface area contributed by atoms with E-state index in [4.69, 9.17) is 14.6 Å². The van der Waals surface area contributed by atoms with E-state index in [-0.39, 0.29) is 31.1 Å². The summed E-state index contributed by atoms with van der Waals surface area (Å²) in [5.74, 6) is -1.91. The topological polar surface area (TPSA) is 130 Å². The van der Waals surface area contributed by atoms with Crippen molar-refractivity contribution in [1.29, 1.82) is 0 Å². The fourth-order valence-electron chi connectivity index (χ4n) is 3.69. The molecule has 1 aliphatic rings. The van der Waals surface area contributed by atoms with Crippen LogP contribution in [0.15, 0.2) is 23.8 Å². The smallest absolute Gasteiger partial charge is 0.330 e. The summed E-state index contributed by atoms with van der Waals surface area (Å²) in [7, 11) is 0. The molecule has 1 saturated heterocycles. The summed E-state index contributed by atoms with van der Waals surface area (Å²) in [5.41, 5.74) is 0.671. The van der Waals surface area contributed by atoms with Crippen molar-refractivity contribution in [3.63, 3.8) is 0 Å². The number of aliphatic carboxylic acids is 1. The molecule has 0 saturated carbocycles. The van der Waals surface area contributed by atoms with Gasteiger partial charge in [-0.2, -0.15) is 0 Å². The van der Waals surface area contributed by atoms with Crippen LogP contribution in [-0.4, -0.2) is 64.6 Å². The summed E-state index contributed by atoms with van der Waals surface area (Å²) < 4.78 is 10.9. The summed E-state index contributed by atoms with van der Waals surface area (Å²) in [5, 5.41) is 28.5. The quantitative estimate of drug-likeness (QED) is 0.132. The molecule has 1 heterocycles. The van der Waals surface area contributed by atoms with E-state index in [9.17, 15) is 24.6 Å². The number of ether oxygens (including phenoxy) is 2. The van der Waals surface area contributed by atoms with Crippen molar-refractivity contribution in [2.45, 2.75) is 96.9 Å². The van der Waals surface area contributed by atoms with Gasteiger partial charge in [0.25, 0.3) is 0 Å². The summed E-state index contributed by atoms with van der Waals surface area (Å²) in [6.07, 6.45) is 8.82. The van der Waals surface area contributed by atoms with Gasteiger partial charge in [0.2, 0.25) is 0 Å². The second-order valence-corrected chi connectivity index (χ2v) is 9.31. The zero-order chi connectivity index (χ0) is 25.5. The van der Waals surface area contributed by atoms with Crippen LogP contribution >= 0.6 is 0 Å². The Labute approximate surface area is 203 Å². The minimum atomic E-state index is -1.24. The fourth-order valence-corrected chi connectivity index (χ4v) is 3.69. The van der Waals surface area contributed by atoms with Crippen molar-refractivity contribution in [1.82, 2.24) is 0 Å². The standard InChI is InChI=1S/C26H42O8/c1-18(16-24(30)33-14-9-7-5-4-6-8-13-23(28)29)15-22-26(32)25(31)21(17-34-22)12-10-11-19(2)20(3)27/h10-11,16,19-22,26-27,32H,4-9,12-15,17H2,1-3H3,(H,28,29)/b11-10+,18-16+/t19-,20+,21+,22+,26+/m1/s1. The molecule has 0 aromatic carbocycles. The lowest BCUT2D eigenvalue weighted by atomic mass is 9.89. The van der Waals surface area contributed by atoms with Crippen LogP contribution < -0.4 is 0 Å². The first kappa shape index (κ1) is 30.0. The second kappa shape index (κ2) is 16.6. The molecule has 0 bridgehead atoms. The summed E-state index contributed by atoms with van der Waals surface area (Å²) in [6, 6.07) is 0. The van der Waals surface area contributed by atoms with Gasteiger partial charge in [-0.25, -0.2) is 4.79 Å². The summed E-state index contributed by atoms with van der Waals surface area (Å²) in [4.78, 5) is 35.0. The number of carboxylic acids is 1. The third kappa shape index (κ3) is 12.4. The maximum absolute atomic E-state index is 12.5. The highest BCUT2D eigenvalue weighted by Crippen LogP contribution is 2.24. The number of Topliss-reactive ketones (excluding diaryl/α,β-unsaturated/α-hetero) is 1. The maximum Gasteiger partial charge on any atom is 0.330 e. The van der Waals surface area contributed by atoms with E-state index < -0.39 is 36.2 Å². The molecular formula is C26H42O8. The van der Waals surface area contributed by atoms with Crippen LogP contribution in [0.1, 0.15) is 78.6 Å². The number of carboxylic acid groups (broad SMARTS) is 1. The Bertz CT molecular complexity index is 697. The van der Waals surface area contributed by atoms with Crippen molar-refractivity contribution in [3.05, 3.63) is 23.8 Å². The van der Waals surface area contributed by atoms with Gasteiger partial charge >= 0.3 is 11.9 Å². The van der Waals surface area contributed by atoms with Crippen molar-refractivity contribution < 1.29 is 39.2 Å². The summed E-state index contributed by atoms with van der Waals surface area (Å²) in [6.45, 7) is 5.87. The van der Waals surface area contributed by atoms with E-state index in [1.807, 2.05) is 19.1 Å². The van der Waals surface area contributed by atoms with E-state index in [0.717, 1.165) is 32.1 Å². The highest BCUT2D eigenvalue weighted by Gasteiger charge is 2.37.